The maximum atomic E-state index is 14.1. The number of carbonyl (C=O) groups excluding carboxylic acids is 4. The number of ether oxygens (including phenoxy) is 2. The molecule has 49 heavy (non-hydrogen) atoms. The minimum atomic E-state index is -1.50. The van der Waals surface area contributed by atoms with Crippen molar-refractivity contribution in [2.45, 2.75) is 89.1 Å². The van der Waals surface area contributed by atoms with Gasteiger partial charge in [0, 0.05) is 19.0 Å². The van der Waals surface area contributed by atoms with Crippen molar-refractivity contribution in [2.24, 2.45) is 5.92 Å². The zero-order valence-electron chi connectivity index (χ0n) is 28.4. The van der Waals surface area contributed by atoms with Crippen LogP contribution in [-0.2, 0) is 30.5 Å². The van der Waals surface area contributed by atoms with Gasteiger partial charge in [-0.1, -0.05) is 79.6 Å². The van der Waals surface area contributed by atoms with Crippen molar-refractivity contribution in [2.75, 3.05) is 19.6 Å². The Bertz CT molecular complexity index is 1570. The fraction of sp³-hybridized carbons (Fsp3) is 0.486. The van der Waals surface area contributed by atoms with Crippen LogP contribution < -0.4 is 10.6 Å². The lowest BCUT2D eigenvalue weighted by molar-refractivity contribution is -0.148. The topological polar surface area (TPSA) is 155 Å². The number of carbonyl (C=O) groups is 5. The Morgan fingerprint density at radius 1 is 1.00 bits per heavy atom. The molecule has 3 N–H and O–H groups in total. The van der Waals surface area contributed by atoms with E-state index < -0.39 is 53.2 Å². The molecule has 0 radical (unpaired) electrons. The van der Waals surface area contributed by atoms with Gasteiger partial charge < -0.3 is 35.0 Å². The number of piperazine rings is 1. The maximum Gasteiger partial charge on any atom is 0.410 e. The average Bonchev–Trinajstić information content (AvgIpc) is 3.78. The Hall–Kier alpha value is -4.87. The molecule has 12 nitrogen and oxygen atoms in total. The second kappa shape index (κ2) is 15.1. The third kappa shape index (κ3) is 8.79. The molecule has 3 aliphatic rings. The zero-order valence-corrected chi connectivity index (χ0v) is 28.4. The fourth-order valence-corrected chi connectivity index (χ4v) is 6.44. The Morgan fingerprint density at radius 2 is 1.73 bits per heavy atom. The van der Waals surface area contributed by atoms with E-state index in [1.165, 1.54) is 9.80 Å². The number of carboxylic acid groups (broad SMARTS) is 1. The van der Waals surface area contributed by atoms with Gasteiger partial charge in [-0.05, 0) is 63.1 Å². The molecule has 1 unspecified atom stereocenters. The molecule has 1 saturated carbocycles. The van der Waals surface area contributed by atoms with E-state index in [1.54, 1.807) is 20.8 Å². The summed E-state index contributed by atoms with van der Waals surface area (Å²) in [6.45, 7) is 4.98. The molecule has 4 atom stereocenters. The largest absolute Gasteiger partial charge is 0.479 e. The third-order valence-corrected chi connectivity index (χ3v) is 9.14. The Balaban J connectivity index is 1.37. The van der Waals surface area contributed by atoms with Gasteiger partial charge in [0.15, 0.2) is 0 Å². The van der Waals surface area contributed by atoms with Crippen LogP contribution in [0.25, 0.3) is 11.1 Å². The molecule has 1 aliphatic carbocycles. The first kappa shape index (κ1) is 35.4. The van der Waals surface area contributed by atoms with Gasteiger partial charge in [0.2, 0.25) is 11.8 Å². The minimum absolute atomic E-state index is 0.0159. The van der Waals surface area contributed by atoms with Crippen molar-refractivity contribution in [1.29, 1.82) is 0 Å². The van der Waals surface area contributed by atoms with Crippen molar-refractivity contribution in [3.63, 3.8) is 0 Å². The van der Waals surface area contributed by atoms with E-state index in [4.69, 9.17) is 9.47 Å². The van der Waals surface area contributed by atoms with E-state index in [0.29, 0.717) is 12.8 Å². The summed E-state index contributed by atoms with van der Waals surface area (Å²) >= 11 is 0. The first-order valence-corrected chi connectivity index (χ1v) is 16.9. The molecule has 2 fully saturated rings. The van der Waals surface area contributed by atoms with Crippen LogP contribution in [0.15, 0.2) is 66.7 Å². The van der Waals surface area contributed by atoms with Gasteiger partial charge in [-0.3, -0.25) is 9.59 Å². The number of carboxylic acids is 1. The van der Waals surface area contributed by atoms with E-state index in [1.807, 2.05) is 66.7 Å². The van der Waals surface area contributed by atoms with Crippen LogP contribution in [-0.4, -0.2) is 87.7 Å². The Kier molecular flexibility index (Phi) is 10.9. The Morgan fingerprint density at radius 3 is 2.47 bits per heavy atom. The average molecular weight is 675 g/mol. The molecule has 2 heterocycles. The quantitative estimate of drug-likeness (QED) is 0.380. The highest BCUT2D eigenvalue weighted by Crippen LogP contribution is 2.45. The number of allylic oxidation sites excluding steroid dienone is 1. The van der Waals surface area contributed by atoms with Crippen LogP contribution in [0.3, 0.4) is 0 Å². The van der Waals surface area contributed by atoms with Crippen LogP contribution in [0, 0.1) is 5.92 Å². The number of amides is 4. The predicted octanol–water partition coefficient (Wildman–Crippen LogP) is 4.88. The second-order valence-corrected chi connectivity index (χ2v) is 13.9. The summed E-state index contributed by atoms with van der Waals surface area (Å²) < 4.78 is 11.2. The number of hydrogen-bond donors (Lipinski definition) is 3. The van der Waals surface area contributed by atoms with Crippen LogP contribution in [0.1, 0.15) is 64.9 Å². The molecule has 4 amide bonds. The van der Waals surface area contributed by atoms with Crippen molar-refractivity contribution < 1.29 is 38.6 Å². The van der Waals surface area contributed by atoms with Gasteiger partial charge in [0.1, 0.15) is 29.8 Å². The number of hydrogen-bond acceptors (Lipinski definition) is 7. The SMILES string of the molecule is CC(C)(C)OC(=O)N[C@H]1CCCCC/C=C/C2C[C@]2(C(=O)O)NC(=O)[C@@H]2CN(C(=O)OCc3ccccc3-c3ccccc3)CCN2C1=O. The highest BCUT2D eigenvalue weighted by atomic mass is 16.6. The lowest BCUT2D eigenvalue weighted by Crippen LogP contribution is -2.65. The summed E-state index contributed by atoms with van der Waals surface area (Å²) in [5.41, 5.74) is 0.406. The monoisotopic (exact) mass is 674 g/mol. The lowest BCUT2D eigenvalue weighted by Gasteiger charge is -2.41. The van der Waals surface area contributed by atoms with Crippen molar-refractivity contribution in [3.05, 3.63) is 72.3 Å². The van der Waals surface area contributed by atoms with Crippen LogP contribution in [0.4, 0.5) is 9.59 Å². The van der Waals surface area contributed by atoms with Crippen LogP contribution in [0.5, 0.6) is 0 Å². The van der Waals surface area contributed by atoms with Crippen molar-refractivity contribution in [1.82, 2.24) is 20.4 Å². The lowest BCUT2D eigenvalue weighted by atomic mass is 10.0. The van der Waals surface area contributed by atoms with Crippen molar-refractivity contribution >= 4 is 30.0 Å². The summed E-state index contributed by atoms with van der Waals surface area (Å²) in [6.07, 6.45) is 5.86. The molecule has 2 aromatic carbocycles. The van der Waals surface area contributed by atoms with Gasteiger partial charge in [-0.25, -0.2) is 14.4 Å². The van der Waals surface area contributed by atoms with E-state index in [2.05, 4.69) is 10.6 Å². The normalized spacial score (nSPS) is 25.3. The summed E-state index contributed by atoms with van der Waals surface area (Å²) in [5, 5.41) is 15.6. The standard InChI is InChI=1S/C37H46N4O8/c1-36(2,3)49-34(46)38-29-19-11-6-4-5-10-17-27-22-37(27,33(44)45)39-31(42)30-23-40(20-21-41(30)32(29)43)35(47)48-24-26-16-12-13-18-28(26)25-14-8-7-9-15-25/h7-10,12-18,27,29-30H,4-6,11,19-24H2,1-3H3,(H,38,46)(H,39,42)(H,44,45)/b17-10+/t27?,29-,30-,37-/m0/s1. The summed E-state index contributed by atoms with van der Waals surface area (Å²) in [7, 11) is 0. The summed E-state index contributed by atoms with van der Waals surface area (Å²) in [5.74, 6) is -2.74. The predicted molar refractivity (Wildman–Crippen MR) is 181 cm³/mol. The third-order valence-electron chi connectivity index (χ3n) is 9.14. The summed E-state index contributed by atoms with van der Waals surface area (Å²) in [4.78, 5) is 69.5. The number of alkyl carbamates (subject to hydrolysis) is 1. The highest BCUT2D eigenvalue weighted by Gasteiger charge is 2.61. The molecule has 2 aromatic rings. The number of benzene rings is 2. The number of nitrogens with one attached hydrogen (secondary N) is 2. The van der Waals surface area contributed by atoms with Gasteiger partial charge >= 0.3 is 18.2 Å². The van der Waals surface area contributed by atoms with Gasteiger partial charge in [-0.2, -0.15) is 0 Å². The Labute approximate surface area is 286 Å². The number of aliphatic carboxylic acids is 1. The summed E-state index contributed by atoms with van der Waals surface area (Å²) in [6, 6.07) is 15.1. The molecule has 2 aliphatic heterocycles. The molecule has 1 saturated heterocycles. The number of fused-ring (bicyclic) bond motifs is 2. The molecule has 5 rings (SSSR count). The number of nitrogens with zero attached hydrogens (tertiary/aromatic N) is 2. The molecular formula is C37H46N4O8. The van der Waals surface area contributed by atoms with Crippen LogP contribution >= 0.6 is 0 Å². The van der Waals surface area contributed by atoms with E-state index in [0.717, 1.165) is 36.0 Å². The van der Waals surface area contributed by atoms with Crippen LogP contribution in [0.2, 0.25) is 0 Å². The van der Waals surface area contributed by atoms with Gasteiger partial charge in [0.25, 0.3) is 0 Å². The first-order valence-electron chi connectivity index (χ1n) is 16.9. The molecule has 0 spiro atoms. The molecule has 12 heteroatoms. The molecule has 0 aromatic heterocycles. The zero-order chi connectivity index (χ0) is 35.2. The second-order valence-electron chi connectivity index (χ2n) is 13.9. The van der Waals surface area contributed by atoms with E-state index in [9.17, 15) is 29.1 Å². The van der Waals surface area contributed by atoms with Crippen molar-refractivity contribution in [3.8, 4) is 11.1 Å². The smallest absolute Gasteiger partial charge is 0.410 e. The fourth-order valence-electron chi connectivity index (χ4n) is 6.44. The highest BCUT2D eigenvalue weighted by molar-refractivity contribution is 5.96. The van der Waals surface area contributed by atoms with E-state index in [-0.39, 0.29) is 38.6 Å². The van der Waals surface area contributed by atoms with Gasteiger partial charge in [0.05, 0.1) is 6.54 Å². The maximum absolute atomic E-state index is 14.1. The molecule has 262 valence electrons. The van der Waals surface area contributed by atoms with E-state index >= 15 is 0 Å². The van der Waals surface area contributed by atoms with Gasteiger partial charge in [-0.15, -0.1) is 0 Å². The molecule has 0 bridgehead atoms. The minimum Gasteiger partial charge on any atom is -0.479 e. The molecular weight excluding hydrogens is 628 g/mol. The first-order chi connectivity index (χ1) is 23.4. The number of rotatable bonds is 5.